The van der Waals surface area contributed by atoms with E-state index in [4.69, 9.17) is 11.6 Å². The van der Waals surface area contributed by atoms with Crippen molar-refractivity contribution in [3.05, 3.63) is 58.8 Å². The SMILES string of the molecule is N#Cc1cc(F)cc(Cl)c1NC(=O)C1CCC(NC(=O)c2cnn3cccnc23)CC1. The molecule has 2 heterocycles. The average molecular weight is 441 g/mol. The first-order chi connectivity index (χ1) is 15.0. The number of anilines is 1. The van der Waals surface area contributed by atoms with Crippen molar-refractivity contribution in [2.24, 2.45) is 5.92 Å². The van der Waals surface area contributed by atoms with Gasteiger partial charge in [-0.3, -0.25) is 9.59 Å². The Hall–Kier alpha value is -3.51. The minimum absolute atomic E-state index is 0.0205. The zero-order valence-electron chi connectivity index (χ0n) is 16.3. The second-order valence-electron chi connectivity index (χ2n) is 7.38. The van der Waals surface area contributed by atoms with Gasteiger partial charge in [0, 0.05) is 24.4 Å². The number of nitrogens with one attached hydrogen (secondary N) is 2. The monoisotopic (exact) mass is 440 g/mol. The molecular formula is C21H18ClFN6O2. The fourth-order valence-corrected chi connectivity index (χ4v) is 4.02. The molecule has 0 atom stereocenters. The number of halogens is 2. The molecule has 0 spiro atoms. The van der Waals surface area contributed by atoms with Crippen LogP contribution in [-0.4, -0.2) is 32.5 Å². The maximum absolute atomic E-state index is 13.4. The summed E-state index contributed by atoms with van der Waals surface area (Å²) in [5.74, 6) is -1.46. The molecule has 4 rings (SSSR count). The van der Waals surface area contributed by atoms with Gasteiger partial charge >= 0.3 is 0 Å². The predicted molar refractivity (Wildman–Crippen MR) is 111 cm³/mol. The largest absolute Gasteiger partial charge is 0.349 e. The fraction of sp³-hybridized carbons (Fsp3) is 0.286. The molecule has 0 radical (unpaired) electrons. The Morgan fingerprint density at radius 1 is 1.26 bits per heavy atom. The number of carbonyl (C=O) groups excluding carboxylic acids is 2. The maximum Gasteiger partial charge on any atom is 0.256 e. The second kappa shape index (κ2) is 8.70. The number of fused-ring (bicyclic) bond motifs is 1. The first-order valence-electron chi connectivity index (χ1n) is 9.75. The Bertz CT molecular complexity index is 1200. The lowest BCUT2D eigenvalue weighted by molar-refractivity contribution is -0.120. The van der Waals surface area contributed by atoms with Gasteiger partial charge in [0.05, 0.1) is 22.5 Å². The summed E-state index contributed by atoms with van der Waals surface area (Å²) in [5.41, 5.74) is 0.973. The van der Waals surface area contributed by atoms with E-state index in [1.54, 1.807) is 18.5 Å². The number of benzene rings is 1. The third kappa shape index (κ3) is 4.34. The first kappa shape index (κ1) is 20.8. The smallest absolute Gasteiger partial charge is 0.256 e. The Balaban J connectivity index is 1.35. The van der Waals surface area contributed by atoms with Gasteiger partial charge in [-0.05, 0) is 43.9 Å². The van der Waals surface area contributed by atoms with Crippen LogP contribution in [0.25, 0.3) is 5.65 Å². The highest BCUT2D eigenvalue weighted by atomic mass is 35.5. The van der Waals surface area contributed by atoms with Gasteiger partial charge in [0.2, 0.25) is 5.91 Å². The van der Waals surface area contributed by atoms with Gasteiger partial charge in [0.25, 0.3) is 5.91 Å². The summed E-state index contributed by atoms with van der Waals surface area (Å²) in [6, 6.07) is 5.59. The van der Waals surface area contributed by atoms with Crippen LogP contribution < -0.4 is 10.6 Å². The van der Waals surface area contributed by atoms with E-state index >= 15 is 0 Å². The summed E-state index contributed by atoms with van der Waals surface area (Å²) >= 11 is 6.00. The average Bonchev–Trinajstić information content (AvgIpc) is 3.20. The van der Waals surface area contributed by atoms with Gasteiger partial charge in [-0.2, -0.15) is 10.4 Å². The van der Waals surface area contributed by atoms with E-state index in [0.717, 1.165) is 12.1 Å². The van der Waals surface area contributed by atoms with Gasteiger partial charge < -0.3 is 10.6 Å². The first-order valence-corrected chi connectivity index (χ1v) is 10.1. The normalized spacial score (nSPS) is 18.4. The van der Waals surface area contributed by atoms with E-state index in [2.05, 4.69) is 20.7 Å². The van der Waals surface area contributed by atoms with Crippen molar-refractivity contribution < 1.29 is 14.0 Å². The van der Waals surface area contributed by atoms with Gasteiger partial charge in [-0.1, -0.05) is 11.6 Å². The fourth-order valence-electron chi connectivity index (χ4n) is 3.76. The molecule has 3 aromatic rings. The molecular weight excluding hydrogens is 423 g/mol. The van der Waals surface area contributed by atoms with Crippen LogP contribution in [0, 0.1) is 23.1 Å². The maximum atomic E-state index is 13.4. The highest BCUT2D eigenvalue weighted by Crippen LogP contribution is 2.30. The number of nitrogens with zero attached hydrogens (tertiary/aromatic N) is 4. The zero-order chi connectivity index (χ0) is 22.0. The van der Waals surface area contributed by atoms with Crippen LogP contribution in [0.2, 0.25) is 5.02 Å². The van der Waals surface area contributed by atoms with Crippen LogP contribution in [0.5, 0.6) is 0 Å². The minimum atomic E-state index is -0.641. The molecule has 1 aromatic carbocycles. The highest BCUT2D eigenvalue weighted by Gasteiger charge is 2.29. The summed E-state index contributed by atoms with van der Waals surface area (Å²) in [7, 11) is 0. The summed E-state index contributed by atoms with van der Waals surface area (Å²) in [6.45, 7) is 0. The summed E-state index contributed by atoms with van der Waals surface area (Å²) in [6.07, 6.45) is 7.17. The molecule has 1 aliphatic rings. The summed E-state index contributed by atoms with van der Waals surface area (Å²) in [4.78, 5) is 29.5. The molecule has 10 heteroatoms. The predicted octanol–water partition coefficient (Wildman–Crippen LogP) is 3.32. The van der Waals surface area contributed by atoms with Crippen LogP contribution in [0.1, 0.15) is 41.6 Å². The van der Waals surface area contributed by atoms with Crippen LogP contribution in [0.4, 0.5) is 10.1 Å². The topological polar surface area (TPSA) is 112 Å². The Morgan fingerprint density at radius 2 is 2.03 bits per heavy atom. The van der Waals surface area contributed by atoms with Crippen LogP contribution >= 0.6 is 11.6 Å². The van der Waals surface area contributed by atoms with E-state index < -0.39 is 5.82 Å². The molecule has 8 nitrogen and oxygen atoms in total. The van der Waals surface area contributed by atoms with Gasteiger partial charge in [0.1, 0.15) is 17.4 Å². The molecule has 2 amide bonds. The number of carbonyl (C=O) groups is 2. The number of aromatic nitrogens is 3. The van der Waals surface area contributed by atoms with Crippen molar-refractivity contribution >= 4 is 34.7 Å². The highest BCUT2D eigenvalue weighted by molar-refractivity contribution is 6.34. The van der Waals surface area contributed by atoms with E-state index in [1.807, 2.05) is 6.07 Å². The quantitative estimate of drug-likeness (QED) is 0.646. The van der Waals surface area contributed by atoms with Gasteiger partial charge in [0.15, 0.2) is 5.65 Å². The minimum Gasteiger partial charge on any atom is -0.349 e. The third-order valence-corrected chi connectivity index (χ3v) is 5.68. The van der Waals surface area contributed by atoms with Crippen molar-refractivity contribution in [1.82, 2.24) is 19.9 Å². The number of amides is 2. The van der Waals surface area contributed by atoms with E-state index in [0.29, 0.717) is 36.9 Å². The lowest BCUT2D eigenvalue weighted by atomic mass is 9.85. The van der Waals surface area contributed by atoms with Crippen LogP contribution in [-0.2, 0) is 4.79 Å². The number of hydrogen-bond donors (Lipinski definition) is 2. The Kier molecular flexibility index (Phi) is 5.82. The molecule has 1 saturated carbocycles. The van der Waals surface area contributed by atoms with Crippen molar-refractivity contribution in [3.63, 3.8) is 0 Å². The van der Waals surface area contributed by atoms with Crippen molar-refractivity contribution in [1.29, 1.82) is 5.26 Å². The van der Waals surface area contributed by atoms with Crippen LogP contribution in [0.3, 0.4) is 0 Å². The summed E-state index contributed by atoms with van der Waals surface area (Å²) in [5, 5.41) is 18.9. The standard InChI is InChI=1S/C21H18ClFN6O2/c22-17-9-14(23)8-13(10-24)18(17)28-20(30)12-2-4-15(5-3-12)27-21(31)16-11-26-29-7-1-6-25-19(16)29/h1,6-9,11-12,15H,2-5H2,(H,27,31)(H,28,30). The van der Waals surface area contributed by atoms with Crippen molar-refractivity contribution in [2.75, 3.05) is 5.32 Å². The lowest BCUT2D eigenvalue weighted by Crippen LogP contribution is -2.39. The van der Waals surface area contributed by atoms with Crippen molar-refractivity contribution in [2.45, 2.75) is 31.7 Å². The molecule has 2 aromatic heterocycles. The Labute approximate surface area is 182 Å². The lowest BCUT2D eigenvalue weighted by Gasteiger charge is -2.28. The number of rotatable bonds is 4. The molecule has 0 unspecified atom stereocenters. The molecule has 1 fully saturated rings. The van der Waals surface area contributed by atoms with Crippen molar-refractivity contribution in [3.8, 4) is 6.07 Å². The molecule has 2 N–H and O–H groups in total. The number of hydrogen-bond acceptors (Lipinski definition) is 5. The van der Waals surface area contributed by atoms with Gasteiger partial charge in [-0.25, -0.2) is 13.9 Å². The number of nitriles is 1. The molecule has 31 heavy (non-hydrogen) atoms. The molecule has 158 valence electrons. The van der Waals surface area contributed by atoms with E-state index in [1.165, 1.54) is 10.7 Å². The van der Waals surface area contributed by atoms with E-state index in [-0.39, 0.29) is 40.0 Å². The van der Waals surface area contributed by atoms with Crippen LogP contribution in [0.15, 0.2) is 36.8 Å². The zero-order valence-corrected chi connectivity index (χ0v) is 17.1. The van der Waals surface area contributed by atoms with Gasteiger partial charge in [-0.15, -0.1) is 0 Å². The molecule has 0 bridgehead atoms. The third-order valence-electron chi connectivity index (χ3n) is 5.38. The van der Waals surface area contributed by atoms with E-state index in [9.17, 15) is 19.2 Å². The summed E-state index contributed by atoms with van der Waals surface area (Å²) < 4.78 is 15.0. The molecule has 0 aliphatic heterocycles. The molecule has 0 saturated heterocycles. The second-order valence-corrected chi connectivity index (χ2v) is 7.79. The molecule has 1 aliphatic carbocycles. The Morgan fingerprint density at radius 3 is 2.77 bits per heavy atom.